The minimum Gasteiger partial charge on any atom is -0.478 e. The number of nitrogens with zero attached hydrogens (tertiary/aromatic N) is 2. The third-order valence-corrected chi connectivity index (χ3v) is 7.02. The molecule has 4 rings (SSSR count). The minimum absolute atomic E-state index is 0.0975. The molecule has 1 amide bonds. The summed E-state index contributed by atoms with van der Waals surface area (Å²) in [6.45, 7) is 10.1. The fourth-order valence-corrected chi connectivity index (χ4v) is 5.29. The molecule has 196 valence electrons. The Labute approximate surface area is 217 Å². The van der Waals surface area contributed by atoms with Gasteiger partial charge in [-0.2, -0.15) is 0 Å². The summed E-state index contributed by atoms with van der Waals surface area (Å²) in [5.74, 6) is 0.980. The predicted octanol–water partition coefficient (Wildman–Crippen LogP) is 3.87. The van der Waals surface area contributed by atoms with Gasteiger partial charge in [0, 0.05) is 30.6 Å². The highest BCUT2D eigenvalue weighted by Crippen LogP contribution is 2.39. The van der Waals surface area contributed by atoms with E-state index in [1.165, 1.54) is 6.07 Å². The Hall–Kier alpha value is -3.61. The van der Waals surface area contributed by atoms with Crippen LogP contribution in [0.1, 0.15) is 67.2 Å². The number of fused-ring (bicyclic) bond motifs is 2. The Morgan fingerprint density at radius 3 is 2.46 bits per heavy atom. The molecule has 0 spiro atoms. The number of ether oxygens (including phenoxy) is 1. The van der Waals surface area contributed by atoms with Gasteiger partial charge in [0.2, 0.25) is 0 Å². The summed E-state index contributed by atoms with van der Waals surface area (Å²) in [7, 11) is 0. The van der Waals surface area contributed by atoms with E-state index >= 15 is 0 Å². The van der Waals surface area contributed by atoms with Crippen molar-refractivity contribution in [2.24, 2.45) is 0 Å². The highest BCUT2D eigenvalue weighted by atomic mass is 16.6. The number of carboxylic acid groups (broad SMARTS) is 1. The molecule has 0 aromatic heterocycles. The maximum absolute atomic E-state index is 13.2. The van der Waals surface area contributed by atoms with Crippen LogP contribution in [0, 0.1) is 0 Å². The molecular formula is C29H34N2O6. The monoisotopic (exact) mass is 506 g/mol. The van der Waals surface area contributed by atoms with Crippen molar-refractivity contribution < 1.29 is 29.3 Å². The van der Waals surface area contributed by atoms with Crippen LogP contribution in [0.2, 0.25) is 0 Å². The number of benzene rings is 2. The second-order valence-corrected chi connectivity index (χ2v) is 11.5. The van der Waals surface area contributed by atoms with Crippen molar-refractivity contribution >= 4 is 23.7 Å². The van der Waals surface area contributed by atoms with E-state index in [1.807, 2.05) is 44.1 Å². The fraction of sp³-hybridized carbons (Fsp3) is 0.448. The van der Waals surface area contributed by atoms with Crippen LogP contribution in [0.15, 0.2) is 42.5 Å². The van der Waals surface area contributed by atoms with Crippen molar-refractivity contribution in [3.63, 3.8) is 0 Å². The van der Waals surface area contributed by atoms with Crippen LogP contribution >= 0.6 is 0 Å². The van der Waals surface area contributed by atoms with E-state index in [-0.39, 0.29) is 17.8 Å². The van der Waals surface area contributed by atoms with Gasteiger partial charge in [-0.15, -0.1) is 0 Å². The molecule has 2 aliphatic heterocycles. The molecule has 2 heterocycles. The Balaban J connectivity index is 1.64. The number of hydrogen-bond donors (Lipinski definition) is 2. The Kier molecular flexibility index (Phi) is 6.93. The second kappa shape index (κ2) is 9.69. The first-order valence-electron chi connectivity index (χ1n) is 12.4. The molecule has 0 fully saturated rings. The maximum atomic E-state index is 13.2. The predicted molar refractivity (Wildman–Crippen MR) is 139 cm³/mol. The van der Waals surface area contributed by atoms with E-state index in [4.69, 9.17) is 4.74 Å². The number of aliphatic hydroxyl groups excluding tert-OH is 1. The van der Waals surface area contributed by atoms with E-state index in [9.17, 15) is 24.6 Å². The van der Waals surface area contributed by atoms with Crippen molar-refractivity contribution in [3.8, 4) is 0 Å². The summed E-state index contributed by atoms with van der Waals surface area (Å²) in [5, 5.41) is 20.9. The van der Waals surface area contributed by atoms with Gasteiger partial charge in [-0.3, -0.25) is 4.90 Å². The molecule has 8 nitrogen and oxygen atoms in total. The van der Waals surface area contributed by atoms with Crippen LogP contribution in [-0.4, -0.2) is 68.9 Å². The Morgan fingerprint density at radius 1 is 1.16 bits per heavy atom. The summed E-state index contributed by atoms with van der Waals surface area (Å²) >= 11 is 0. The molecule has 2 aliphatic rings. The zero-order valence-electron chi connectivity index (χ0n) is 21.9. The van der Waals surface area contributed by atoms with Gasteiger partial charge in [0.25, 0.3) is 0 Å². The summed E-state index contributed by atoms with van der Waals surface area (Å²) in [6, 6.07) is 12.0. The SMILES string of the molecule is CC(C)(C)OC(=O)N1Cc2ccccc2C[C@H]1C(O)CN1CC(C)(C)c2cc(C(=O)O)ccc2C1=C=O. The van der Waals surface area contributed by atoms with Gasteiger partial charge in [0.15, 0.2) is 5.94 Å². The molecule has 1 unspecified atom stereocenters. The van der Waals surface area contributed by atoms with Crippen LogP contribution < -0.4 is 0 Å². The van der Waals surface area contributed by atoms with E-state index in [2.05, 4.69) is 0 Å². The van der Waals surface area contributed by atoms with E-state index in [1.54, 1.807) is 42.7 Å². The highest BCUT2D eigenvalue weighted by Gasteiger charge is 2.41. The first-order valence-corrected chi connectivity index (χ1v) is 12.4. The lowest BCUT2D eigenvalue weighted by molar-refractivity contribution is -0.0168. The molecule has 2 N–H and O–H groups in total. The lowest BCUT2D eigenvalue weighted by Crippen LogP contribution is -2.55. The molecule has 2 aromatic rings. The smallest absolute Gasteiger partial charge is 0.410 e. The van der Waals surface area contributed by atoms with Crippen LogP contribution in [0.3, 0.4) is 0 Å². The molecule has 37 heavy (non-hydrogen) atoms. The second-order valence-electron chi connectivity index (χ2n) is 11.5. The number of aromatic carboxylic acids is 1. The summed E-state index contributed by atoms with van der Waals surface area (Å²) in [5.41, 5.74) is 2.65. The molecule has 0 radical (unpaired) electrons. The average Bonchev–Trinajstić information content (AvgIpc) is 2.81. The normalized spacial score (nSPS) is 19.4. The number of carbonyl (C=O) groups excluding carboxylic acids is 2. The lowest BCUT2D eigenvalue weighted by Gasteiger charge is -2.45. The van der Waals surface area contributed by atoms with Gasteiger partial charge in [-0.05, 0) is 56.0 Å². The van der Waals surface area contributed by atoms with Gasteiger partial charge in [-0.25, -0.2) is 14.4 Å². The largest absolute Gasteiger partial charge is 0.478 e. The van der Waals surface area contributed by atoms with E-state index < -0.39 is 35.2 Å². The topological polar surface area (TPSA) is 107 Å². The molecule has 0 saturated heterocycles. The first kappa shape index (κ1) is 26.5. The molecule has 0 saturated carbocycles. The maximum Gasteiger partial charge on any atom is 0.410 e. The van der Waals surface area contributed by atoms with Crippen LogP contribution in [-0.2, 0) is 27.9 Å². The standard InChI is InChI=1S/C29H34N2O6/c1-28(2,3)37-27(36)31-14-20-9-7-6-8-18(20)13-23(31)25(33)15-30-17-29(4,5)22-12-19(26(34)35)10-11-21(22)24(30)16-32/h6-12,23,25,33H,13-15,17H2,1-5H3,(H,34,35)/t23-,25?/m0/s1. The number of hydrogen-bond acceptors (Lipinski definition) is 6. The van der Waals surface area contributed by atoms with Crippen molar-refractivity contribution in [1.29, 1.82) is 0 Å². The van der Waals surface area contributed by atoms with Crippen LogP contribution in [0.5, 0.6) is 0 Å². The van der Waals surface area contributed by atoms with Crippen LogP contribution in [0.25, 0.3) is 5.70 Å². The number of rotatable bonds is 4. The first-order chi connectivity index (χ1) is 17.3. The average molecular weight is 507 g/mol. The molecule has 0 bridgehead atoms. The number of amides is 1. The Bertz CT molecular complexity index is 1270. The van der Waals surface area contributed by atoms with Crippen molar-refractivity contribution in [2.75, 3.05) is 13.1 Å². The van der Waals surface area contributed by atoms with E-state index in [0.29, 0.717) is 25.1 Å². The van der Waals surface area contributed by atoms with Gasteiger partial charge in [0.1, 0.15) is 11.3 Å². The molecule has 2 aromatic carbocycles. The van der Waals surface area contributed by atoms with Gasteiger partial charge in [-0.1, -0.05) is 44.2 Å². The zero-order valence-corrected chi connectivity index (χ0v) is 21.9. The van der Waals surface area contributed by atoms with E-state index in [0.717, 1.165) is 16.7 Å². The third kappa shape index (κ3) is 5.41. The number of aliphatic hydroxyl groups is 1. The molecular weight excluding hydrogens is 472 g/mol. The lowest BCUT2D eigenvalue weighted by atomic mass is 9.76. The van der Waals surface area contributed by atoms with Gasteiger partial charge >= 0.3 is 12.1 Å². The number of carboxylic acids is 1. The van der Waals surface area contributed by atoms with Crippen molar-refractivity contribution in [3.05, 3.63) is 70.3 Å². The van der Waals surface area contributed by atoms with Gasteiger partial charge < -0.3 is 19.8 Å². The zero-order chi connectivity index (χ0) is 27.1. The Morgan fingerprint density at radius 2 is 1.84 bits per heavy atom. The van der Waals surface area contributed by atoms with Crippen molar-refractivity contribution in [1.82, 2.24) is 9.80 Å². The summed E-state index contributed by atoms with van der Waals surface area (Å²) in [6.07, 6.45) is -1.03. The quantitative estimate of drug-likeness (QED) is 0.606. The summed E-state index contributed by atoms with van der Waals surface area (Å²) in [4.78, 5) is 40.2. The number of carbonyl (C=O) groups is 2. The molecule has 0 aliphatic carbocycles. The molecule has 2 atom stereocenters. The van der Waals surface area contributed by atoms with Crippen LogP contribution in [0.4, 0.5) is 4.79 Å². The highest BCUT2D eigenvalue weighted by molar-refractivity contribution is 5.92. The minimum atomic E-state index is -1.03. The molecule has 8 heteroatoms. The summed E-state index contributed by atoms with van der Waals surface area (Å²) < 4.78 is 5.66. The van der Waals surface area contributed by atoms with Crippen molar-refractivity contribution in [2.45, 2.75) is 70.7 Å². The number of β-amino-alcohol motifs (C(OH)–C–C–N with tert-alkyl or cyclic N) is 1. The fourth-order valence-electron chi connectivity index (χ4n) is 5.29. The third-order valence-electron chi connectivity index (χ3n) is 7.02. The van der Waals surface area contributed by atoms with Gasteiger partial charge in [0.05, 0.1) is 17.7 Å².